The molecule has 0 fully saturated rings. The molecule has 1 aromatic carbocycles. The molecule has 0 heterocycles. The number of aromatic hydroxyl groups is 1. The summed E-state index contributed by atoms with van der Waals surface area (Å²) in [6.07, 6.45) is 0. The minimum atomic E-state index is -0.823. The Morgan fingerprint density at radius 1 is 1.27 bits per heavy atom. The van der Waals surface area contributed by atoms with Crippen molar-refractivity contribution in [3.05, 3.63) is 18.2 Å². The highest BCUT2D eigenvalue weighted by atomic mass is 32.2. The van der Waals surface area contributed by atoms with Gasteiger partial charge in [0.05, 0.1) is 12.0 Å². The summed E-state index contributed by atoms with van der Waals surface area (Å²) >= 11 is 1.17. The van der Waals surface area contributed by atoms with Crippen molar-refractivity contribution in [1.82, 2.24) is 5.32 Å². The number of thioether (sulfide) groups is 1. The zero-order valence-corrected chi connectivity index (χ0v) is 13.3. The Balaban J connectivity index is 2.81. The third kappa shape index (κ3) is 5.65. The molecule has 2 amide bonds. The first-order chi connectivity index (χ1) is 10.3. The van der Waals surface area contributed by atoms with Crippen LogP contribution in [0.25, 0.3) is 0 Å². The van der Waals surface area contributed by atoms with Crippen LogP contribution in [0.5, 0.6) is 5.75 Å². The van der Waals surface area contributed by atoms with E-state index in [1.807, 2.05) is 0 Å². The van der Waals surface area contributed by atoms with E-state index >= 15 is 0 Å². The monoisotopic (exact) mass is 326 g/mol. The largest absolute Gasteiger partial charge is 0.507 e. The molecule has 3 N–H and O–H groups in total. The van der Waals surface area contributed by atoms with Gasteiger partial charge in [-0.25, -0.2) is 4.79 Å². The molecule has 7 nitrogen and oxygen atoms in total. The number of anilines is 1. The predicted molar refractivity (Wildman–Crippen MR) is 82.8 cm³/mol. The maximum absolute atomic E-state index is 11.6. The highest BCUT2D eigenvalue weighted by Crippen LogP contribution is 2.31. The van der Waals surface area contributed by atoms with Crippen molar-refractivity contribution in [3.8, 4) is 5.75 Å². The first-order valence-electron chi connectivity index (χ1n) is 6.41. The predicted octanol–water partition coefficient (Wildman–Crippen LogP) is 1.12. The van der Waals surface area contributed by atoms with Gasteiger partial charge in [0, 0.05) is 25.3 Å². The van der Waals surface area contributed by atoms with E-state index in [0.717, 1.165) is 0 Å². The Labute approximate surface area is 132 Å². The maximum atomic E-state index is 11.6. The molecule has 0 bridgehead atoms. The number of methoxy groups -OCH3 is 1. The van der Waals surface area contributed by atoms with E-state index in [9.17, 15) is 19.5 Å². The number of nitrogens with one attached hydrogen (secondary N) is 2. The summed E-state index contributed by atoms with van der Waals surface area (Å²) in [5.41, 5.74) is 0.530. The zero-order chi connectivity index (χ0) is 16.7. The number of phenolic OH excluding ortho intramolecular Hbond substituents is 1. The third-order valence-electron chi connectivity index (χ3n) is 2.55. The van der Waals surface area contributed by atoms with E-state index in [2.05, 4.69) is 15.4 Å². The van der Waals surface area contributed by atoms with Gasteiger partial charge in [-0.05, 0) is 18.2 Å². The Hall–Kier alpha value is -2.22. The first-order valence-corrected chi connectivity index (χ1v) is 7.40. The zero-order valence-electron chi connectivity index (χ0n) is 12.5. The second kappa shape index (κ2) is 8.28. The van der Waals surface area contributed by atoms with E-state index in [-0.39, 0.29) is 23.3 Å². The van der Waals surface area contributed by atoms with E-state index < -0.39 is 12.0 Å². The second-order valence-electron chi connectivity index (χ2n) is 4.45. The molecule has 0 saturated carbocycles. The molecule has 0 aliphatic carbocycles. The van der Waals surface area contributed by atoms with Crippen LogP contribution < -0.4 is 10.6 Å². The molecule has 8 heteroatoms. The van der Waals surface area contributed by atoms with Crippen molar-refractivity contribution in [2.24, 2.45) is 0 Å². The number of hydrogen-bond donors (Lipinski definition) is 3. The molecule has 0 unspecified atom stereocenters. The van der Waals surface area contributed by atoms with Gasteiger partial charge in [-0.15, -0.1) is 11.8 Å². The lowest BCUT2D eigenvalue weighted by atomic mass is 10.3. The minimum Gasteiger partial charge on any atom is -0.507 e. The molecule has 1 atom stereocenters. The Bertz CT molecular complexity index is 576. The molecule has 22 heavy (non-hydrogen) atoms. The standard InChI is InChI=1S/C14H18N2O5S/c1-8(17)15-10-4-5-12(19)13(6-10)22-7-11(14(20)21-3)16-9(2)18/h4-6,11,19H,7H2,1-3H3,(H,15,17)(H,16,18)/t11-/m0/s1. The average Bonchev–Trinajstić information content (AvgIpc) is 2.44. The van der Waals surface area contributed by atoms with Crippen molar-refractivity contribution in [3.63, 3.8) is 0 Å². The lowest BCUT2D eigenvalue weighted by Crippen LogP contribution is -2.42. The van der Waals surface area contributed by atoms with Gasteiger partial charge in [0.25, 0.3) is 0 Å². The number of amides is 2. The highest BCUT2D eigenvalue weighted by Gasteiger charge is 2.21. The van der Waals surface area contributed by atoms with Crippen molar-refractivity contribution in [2.75, 3.05) is 18.2 Å². The summed E-state index contributed by atoms with van der Waals surface area (Å²) in [4.78, 5) is 34.2. The van der Waals surface area contributed by atoms with Crippen LogP contribution in [0.1, 0.15) is 13.8 Å². The lowest BCUT2D eigenvalue weighted by molar-refractivity contribution is -0.144. The van der Waals surface area contributed by atoms with E-state index in [1.165, 1.54) is 38.8 Å². The normalized spacial score (nSPS) is 11.4. The molecule has 0 aliphatic heterocycles. The molecule has 1 rings (SSSR count). The van der Waals surface area contributed by atoms with Gasteiger partial charge in [0.15, 0.2) is 0 Å². The number of carbonyl (C=O) groups is 3. The Morgan fingerprint density at radius 3 is 2.50 bits per heavy atom. The molecule has 0 aromatic heterocycles. The number of rotatable bonds is 6. The first kappa shape index (κ1) is 17.8. The Kier molecular flexibility index (Phi) is 6.71. The summed E-state index contributed by atoms with van der Waals surface area (Å²) in [5, 5.41) is 14.9. The van der Waals surface area contributed by atoms with Crippen molar-refractivity contribution in [1.29, 1.82) is 0 Å². The molecule has 0 radical (unpaired) electrons. The summed E-state index contributed by atoms with van der Waals surface area (Å²) in [7, 11) is 1.23. The summed E-state index contributed by atoms with van der Waals surface area (Å²) in [6, 6.07) is 3.77. The maximum Gasteiger partial charge on any atom is 0.329 e. The van der Waals surface area contributed by atoms with Crippen LogP contribution in [0.15, 0.2) is 23.1 Å². The summed E-state index contributed by atoms with van der Waals surface area (Å²) in [6.45, 7) is 2.68. The molecule has 120 valence electrons. The number of carbonyl (C=O) groups excluding carboxylic acids is 3. The smallest absolute Gasteiger partial charge is 0.329 e. The fourth-order valence-electron chi connectivity index (χ4n) is 1.64. The molecule has 0 spiro atoms. The fourth-order valence-corrected chi connectivity index (χ4v) is 2.63. The highest BCUT2D eigenvalue weighted by molar-refractivity contribution is 7.99. The number of ether oxygens (including phenoxy) is 1. The van der Waals surface area contributed by atoms with Crippen LogP contribution in [-0.2, 0) is 19.1 Å². The molecular formula is C14H18N2O5S. The summed E-state index contributed by atoms with van der Waals surface area (Å²) < 4.78 is 4.62. The Morgan fingerprint density at radius 2 is 1.95 bits per heavy atom. The number of hydrogen-bond acceptors (Lipinski definition) is 6. The lowest BCUT2D eigenvalue weighted by Gasteiger charge is -2.15. The van der Waals surface area contributed by atoms with Crippen LogP contribution in [-0.4, -0.2) is 41.8 Å². The number of esters is 1. The van der Waals surface area contributed by atoms with Gasteiger partial charge >= 0.3 is 5.97 Å². The molecule has 0 aliphatic rings. The van der Waals surface area contributed by atoms with E-state index in [0.29, 0.717) is 10.6 Å². The van der Waals surface area contributed by atoms with Crippen molar-refractivity contribution < 1.29 is 24.2 Å². The molecule has 1 aromatic rings. The van der Waals surface area contributed by atoms with Crippen LogP contribution >= 0.6 is 11.8 Å². The van der Waals surface area contributed by atoms with Gasteiger partial charge in [-0.1, -0.05) is 0 Å². The fraction of sp³-hybridized carbons (Fsp3) is 0.357. The summed E-state index contributed by atoms with van der Waals surface area (Å²) in [5.74, 6) is -0.950. The number of phenols is 1. The third-order valence-corrected chi connectivity index (χ3v) is 3.69. The van der Waals surface area contributed by atoms with Crippen LogP contribution in [0.4, 0.5) is 5.69 Å². The van der Waals surface area contributed by atoms with Crippen LogP contribution in [0.2, 0.25) is 0 Å². The number of benzene rings is 1. The van der Waals surface area contributed by atoms with Crippen molar-refractivity contribution in [2.45, 2.75) is 24.8 Å². The molecular weight excluding hydrogens is 308 g/mol. The van der Waals surface area contributed by atoms with E-state index in [4.69, 9.17) is 0 Å². The van der Waals surface area contributed by atoms with Crippen LogP contribution in [0.3, 0.4) is 0 Å². The minimum absolute atomic E-state index is 0.0190. The second-order valence-corrected chi connectivity index (χ2v) is 5.51. The van der Waals surface area contributed by atoms with E-state index in [1.54, 1.807) is 12.1 Å². The molecule has 0 saturated heterocycles. The van der Waals surface area contributed by atoms with Gasteiger partial charge < -0.3 is 20.5 Å². The SMILES string of the molecule is COC(=O)[C@H](CSc1cc(NC(C)=O)ccc1O)NC(C)=O. The van der Waals surface area contributed by atoms with Gasteiger partial charge in [-0.3, -0.25) is 9.59 Å². The van der Waals surface area contributed by atoms with Crippen LogP contribution in [0, 0.1) is 0 Å². The van der Waals surface area contributed by atoms with Gasteiger partial charge in [0.1, 0.15) is 11.8 Å². The van der Waals surface area contributed by atoms with Gasteiger partial charge in [-0.2, -0.15) is 0 Å². The quantitative estimate of drug-likeness (QED) is 0.411. The average molecular weight is 326 g/mol. The van der Waals surface area contributed by atoms with Gasteiger partial charge in [0.2, 0.25) is 11.8 Å². The van der Waals surface area contributed by atoms with Crippen molar-refractivity contribution >= 4 is 35.2 Å². The topological polar surface area (TPSA) is 105 Å².